The van der Waals surface area contributed by atoms with Crippen LogP contribution in [0.2, 0.25) is 0 Å². The van der Waals surface area contributed by atoms with Crippen LogP contribution in [0.1, 0.15) is 26.2 Å². The Balaban J connectivity index is 3.71. The van der Waals surface area contributed by atoms with Crippen LogP contribution in [-0.2, 0) is 14.3 Å². The number of carbonyl (C=O) groups excluding carboxylic acids is 2. The highest BCUT2D eigenvalue weighted by Crippen LogP contribution is 1.97. The molecule has 0 bridgehead atoms. The molecule has 0 aliphatic carbocycles. The van der Waals surface area contributed by atoms with E-state index in [4.69, 9.17) is 16.3 Å². The molecule has 0 saturated heterocycles. The molecule has 0 aromatic rings. The molecule has 0 heterocycles. The first-order valence-electron chi connectivity index (χ1n) is 5.73. The lowest BCUT2D eigenvalue weighted by molar-refractivity contribution is -0.128. The number of hydrogen-bond donors (Lipinski definition) is 2. The molecule has 17 heavy (non-hydrogen) atoms. The first kappa shape index (κ1) is 16.2. The third-order valence-electron chi connectivity index (χ3n) is 2.16. The Hall–Kier alpha value is -0.810. The molecule has 0 fully saturated rings. The van der Waals surface area contributed by atoms with Gasteiger partial charge >= 0.3 is 0 Å². The summed E-state index contributed by atoms with van der Waals surface area (Å²) in [5.41, 5.74) is 0. The summed E-state index contributed by atoms with van der Waals surface area (Å²) in [6.45, 7) is 2.56. The lowest BCUT2D eigenvalue weighted by atomic mass is 10.2. The summed E-state index contributed by atoms with van der Waals surface area (Å²) in [5, 5.41) is 5.29. The van der Waals surface area contributed by atoms with Crippen molar-refractivity contribution in [3.05, 3.63) is 0 Å². The zero-order chi connectivity index (χ0) is 13.1. The summed E-state index contributed by atoms with van der Waals surface area (Å²) in [4.78, 5) is 22.9. The Morgan fingerprint density at radius 1 is 1.35 bits per heavy atom. The van der Waals surface area contributed by atoms with Crippen molar-refractivity contribution in [1.82, 2.24) is 10.6 Å². The average Bonchev–Trinajstić information content (AvgIpc) is 2.29. The molecule has 0 saturated carbocycles. The molecule has 1 unspecified atom stereocenters. The molecular formula is C11H21ClN2O3. The number of halogens is 1. The van der Waals surface area contributed by atoms with Crippen molar-refractivity contribution < 1.29 is 14.3 Å². The number of hydrogen-bond acceptors (Lipinski definition) is 3. The molecule has 6 heteroatoms. The Morgan fingerprint density at radius 3 is 2.65 bits per heavy atom. The van der Waals surface area contributed by atoms with Crippen molar-refractivity contribution >= 4 is 23.4 Å². The second-order valence-electron chi connectivity index (χ2n) is 3.72. The van der Waals surface area contributed by atoms with Gasteiger partial charge in [-0.2, -0.15) is 0 Å². The molecule has 0 aliphatic rings. The fourth-order valence-electron chi connectivity index (χ4n) is 1.19. The summed E-state index contributed by atoms with van der Waals surface area (Å²) in [7, 11) is 1.56. The monoisotopic (exact) mass is 264 g/mol. The molecule has 0 aromatic carbocycles. The summed E-state index contributed by atoms with van der Waals surface area (Å²) >= 11 is 5.50. The molecule has 0 rings (SSSR count). The smallest absolute Gasteiger partial charge is 0.242 e. The molecule has 1 atom stereocenters. The lowest BCUT2D eigenvalue weighted by Crippen LogP contribution is -2.45. The SMILES string of the molecule is COCCNC(=O)C(C)NC(=O)CCCCCl. The minimum atomic E-state index is -0.518. The number of nitrogens with one attached hydrogen (secondary N) is 2. The number of carbonyl (C=O) groups is 2. The fraction of sp³-hybridized carbons (Fsp3) is 0.818. The summed E-state index contributed by atoms with van der Waals surface area (Å²) in [6, 6.07) is -0.518. The van der Waals surface area contributed by atoms with E-state index < -0.39 is 6.04 Å². The molecule has 0 radical (unpaired) electrons. The Labute approximate surface area is 107 Å². The number of unbranched alkanes of at least 4 members (excludes halogenated alkanes) is 1. The summed E-state index contributed by atoms with van der Waals surface area (Å²) in [5.74, 6) is 0.234. The Kier molecular flexibility index (Phi) is 9.86. The highest BCUT2D eigenvalue weighted by atomic mass is 35.5. The van der Waals surface area contributed by atoms with Crippen LogP contribution in [0.25, 0.3) is 0 Å². The van der Waals surface area contributed by atoms with Crippen LogP contribution < -0.4 is 10.6 Å². The van der Waals surface area contributed by atoms with Crippen molar-refractivity contribution in [3.8, 4) is 0 Å². The number of alkyl halides is 1. The largest absolute Gasteiger partial charge is 0.383 e. The molecule has 0 aliphatic heterocycles. The predicted octanol–water partition coefficient (Wildman–Crippen LogP) is 0.663. The van der Waals surface area contributed by atoms with Crippen LogP contribution in [0.5, 0.6) is 0 Å². The molecule has 0 aromatic heterocycles. The van der Waals surface area contributed by atoms with Crippen LogP contribution in [-0.4, -0.2) is 44.0 Å². The van der Waals surface area contributed by atoms with Gasteiger partial charge in [-0.3, -0.25) is 9.59 Å². The minimum Gasteiger partial charge on any atom is -0.383 e. The first-order valence-corrected chi connectivity index (χ1v) is 6.27. The second-order valence-corrected chi connectivity index (χ2v) is 4.10. The molecule has 100 valence electrons. The van der Waals surface area contributed by atoms with E-state index in [1.54, 1.807) is 14.0 Å². The van der Waals surface area contributed by atoms with E-state index in [1.165, 1.54) is 0 Å². The van der Waals surface area contributed by atoms with Crippen molar-refractivity contribution in [3.63, 3.8) is 0 Å². The summed E-state index contributed by atoms with van der Waals surface area (Å²) in [6.07, 6.45) is 1.96. The maximum Gasteiger partial charge on any atom is 0.242 e. The normalized spacial score (nSPS) is 11.9. The zero-order valence-electron chi connectivity index (χ0n) is 10.4. The highest BCUT2D eigenvalue weighted by Gasteiger charge is 2.14. The quantitative estimate of drug-likeness (QED) is 0.475. The van der Waals surface area contributed by atoms with Crippen molar-refractivity contribution in [1.29, 1.82) is 0 Å². The lowest BCUT2D eigenvalue weighted by Gasteiger charge is -2.13. The van der Waals surface area contributed by atoms with E-state index in [0.29, 0.717) is 25.5 Å². The molecule has 5 nitrogen and oxygen atoms in total. The van der Waals surface area contributed by atoms with E-state index in [-0.39, 0.29) is 11.8 Å². The molecule has 2 N–H and O–H groups in total. The first-order chi connectivity index (χ1) is 8.11. The average molecular weight is 265 g/mol. The highest BCUT2D eigenvalue weighted by molar-refractivity contribution is 6.17. The maximum absolute atomic E-state index is 11.5. The minimum absolute atomic E-state index is 0.121. The van der Waals surface area contributed by atoms with Gasteiger partial charge < -0.3 is 15.4 Å². The van der Waals surface area contributed by atoms with Gasteiger partial charge in [0.2, 0.25) is 11.8 Å². The van der Waals surface area contributed by atoms with E-state index in [0.717, 1.165) is 12.8 Å². The van der Waals surface area contributed by atoms with Crippen LogP contribution >= 0.6 is 11.6 Å². The molecule has 2 amide bonds. The third-order valence-corrected chi connectivity index (χ3v) is 2.43. The van der Waals surface area contributed by atoms with Crippen LogP contribution in [0, 0.1) is 0 Å². The number of ether oxygens (including phenoxy) is 1. The van der Waals surface area contributed by atoms with Gasteiger partial charge in [0.25, 0.3) is 0 Å². The van der Waals surface area contributed by atoms with Crippen molar-refractivity contribution in [2.45, 2.75) is 32.2 Å². The van der Waals surface area contributed by atoms with Crippen LogP contribution in [0.15, 0.2) is 0 Å². The third kappa shape index (κ3) is 8.94. The van der Waals surface area contributed by atoms with Gasteiger partial charge in [-0.15, -0.1) is 11.6 Å². The van der Waals surface area contributed by atoms with Gasteiger partial charge in [0.1, 0.15) is 6.04 Å². The number of methoxy groups -OCH3 is 1. The second kappa shape index (κ2) is 10.4. The van der Waals surface area contributed by atoms with E-state index in [9.17, 15) is 9.59 Å². The fourth-order valence-corrected chi connectivity index (χ4v) is 1.38. The maximum atomic E-state index is 11.5. The van der Waals surface area contributed by atoms with Gasteiger partial charge in [-0.25, -0.2) is 0 Å². The number of amides is 2. The van der Waals surface area contributed by atoms with Crippen molar-refractivity contribution in [2.75, 3.05) is 26.1 Å². The van der Waals surface area contributed by atoms with Crippen LogP contribution in [0.3, 0.4) is 0 Å². The molecular weight excluding hydrogens is 244 g/mol. The van der Waals surface area contributed by atoms with Gasteiger partial charge in [0, 0.05) is 26.0 Å². The van der Waals surface area contributed by atoms with E-state index in [1.807, 2.05) is 0 Å². The number of rotatable bonds is 9. The van der Waals surface area contributed by atoms with Gasteiger partial charge in [-0.1, -0.05) is 0 Å². The van der Waals surface area contributed by atoms with Gasteiger partial charge in [0.05, 0.1) is 6.61 Å². The van der Waals surface area contributed by atoms with Gasteiger partial charge in [0.15, 0.2) is 0 Å². The molecule has 0 spiro atoms. The summed E-state index contributed by atoms with van der Waals surface area (Å²) < 4.78 is 4.80. The Morgan fingerprint density at radius 2 is 2.06 bits per heavy atom. The zero-order valence-corrected chi connectivity index (χ0v) is 11.2. The van der Waals surface area contributed by atoms with Crippen molar-refractivity contribution in [2.24, 2.45) is 0 Å². The standard InChI is InChI=1S/C11H21ClN2O3/c1-9(11(16)13-7-8-17-2)14-10(15)5-3-4-6-12/h9H,3-8H2,1-2H3,(H,13,16)(H,14,15). The predicted molar refractivity (Wildman–Crippen MR) is 67.1 cm³/mol. The van der Waals surface area contributed by atoms with E-state index in [2.05, 4.69) is 10.6 Å². The van der Waals surface area contributed by atoms with E-state index >= 15 is 0 Å². The van der Waals surface area contributed by atoms with Crippen LogP contribution in [0.4, 0.5) is 0 Å². The Bertz CT molecular complexity index is 237. The topological polar surface area (TPSA) is 67.4 Å². The van der Waals surface area contributed by atoms with Gasteiger partial charge in [-0.05, 0) is 19.8 Å².